The molecule has 0 spiro atoms. The van der Waals surface area contributed by atoms with E-state index in [-0.39, 0.29) is 5.78 Å². The molecular weight excluding hydrogens is 150 g/mol. The van der Waals surface area contributed by atoms with Crippen LogP contribution >= 0.6 is 0 Å². The van der Waals surface area contributed by atoms with Gasteiger partial charge in [0.15, 0.2) is 0 Å². The number of carbonyl (C=O) groups is 1. The molecule has 0 amide bonds. The fourth-order valence-electron chi connectivity index (χ4n) is 1.64. The molecule has 0 bridgehead atoms. The highest BCUT2D eigenvalue weighted by Crippen LogP contribution is 2.29. The molecule has 0 atom stereocenters. The lowest BCUT2D eigenvalue weighted by Gasteiger charge is -2.27. The second-order valence-corrected chi connectivity index (χ2v) is 4.03. The number of rotatable bonds is 5. The van der Waals surface area contributed by atoms with Crippen molar-refractivity contribution >= 4 is 5.78 Å². The number of likely N-dealkylation sites (N-methyl/N-ethyl adjacent to an activating group) is 1. The molecule has 1 fully saturated rings. The van der Waals surface area contributed by atoms with Crippen molar-refractivity contribution in [1.82, 2.24) is 4.90 Å². The Morgan fingerprint density at radius 3 is 2.58 bits per heavy atom. The van der Waals surface area contributed by atoms with Crippen LogP contribution in [0, 0.1) is 5.92 Å². The molecule has 0 aromatic rings. The van der Waals surface area contributed by atoms with E-state index in [1.807, 2.05) is 7.05 Å². The largest absolute Gasteiger partial charge is 0.299 e. The van der Waals surface area contributed by atoms with Crippen LogP contribution in [0.2, 0.25) is 0 Å². The van der Waals surface area contributed by atoms with Crippen LogP contribution in [0.1, 0.15) is 32.6 Å². The molecule has 1 saturated carbocycles. The maximum Gasteiger partial charge on any atom is 0.143 e. The Balaban J connectivity index is 2.00. The minimum Gasteiger partial charge on any atom is -0.299 e. The summed E-state index contributed by atoms with van der Waals surface area (Å²) in [5, 5.41) is 0. The van der Waals surface area contributed by atoms with Crippen molar-refractivity contribution in [2.24, 2.45) is 5.92 Å². The molecule has 2 nitrogen and oxygen atoms in total. The van der Waals surface area contributed by atoms with Crippen LogP contribution in [0.5, 0.6) is 0 Å². The van der Waals surface area contributed by atoms with Gasteiger partial charge in [-0.3, -0.25) is 9.69 Å². The summed E-state index contributed by atoms with van der Waals surface area (Å²) in [6, 6.07) is 0. The minimum atomic E-state index is 0.270. The number of nitrogens with zero attached hydrogens (tertiary/aromatic N) is 1. The molecule has 0 aliphatic heterocycles. The van der Waals surface area contributed by atoms with Gasteiger partial charge in [0.2, 0.25) is 0 Å². The fraction of sp³-hybridized carbons (Fsp3) is 0.900. The van der Waals surface area contributed by atoms with Crippen LogP contribution < -0.4 is 0 Å². The summed E-state index contributed by atoms with van der Waals surface area (Å²) < 4.78 is 0. The average molecular weight is 169 g/mol. The van der Waals surface area contributed by atoms with E-state index < -0.39 is 0 Å². The first-order valence-electron chi connectivity index (χ1n) is 4.86. The van der Waals surface area contributed by atoms with E-state index in [0.717, 1.165) is 12.5 Å². The number of ketones is 1. The number of hydrogen-bond acceptors (Lipinski definition) is 2. The van der Waals surface area contributed by atoms with Crippen LogP contribution in [-0.4, -0.2) is 30.8 Å². The molecule has 0 aromatic heterocycles. The predicted octanol–water partition coefficient (Wildman–Crippen LogP) is 1.70. The van der Waals surface area contributed by atoms with Gasteiger partial charge in [0.25, 0.3) is 0 Å². The van der Waals surface area contributed by atoms with E-state index in [1.165, 1.54) is 25.7 Å². The van der Waals surface area contributed by atoms with Gasteiger partial charge in [-0.25, -0.2) is 0 Å². The van der Waals surface area contributed by atoms with Gasteiger partial charge in [-0.1, -0.05) is 19.3 Å². The van der Waals surface area contributed by atoms with Crippen molar-refractivity contribution in [3.8, 4) is 0 Å². The zero-order chi connectivity index (χ0) is 8.97. The van der Waals surface area contributed by atoms with Gasteiger partial charge in [-0.15, -0.1) is 0 Å². The fourth-order valence-corrected chi connectivity index (χ4v) is 1.64. The Bertz CT molecular complexity index is 152. The Labute approximate surface area is 74.9 Å². The molecule has 70 valence electrons. The third-order valence-corrected chi connectivity index (χ3v) is 2.64. The minimum absolute atomic E-state index is 0.270. The lowest BCUT2D eigenvalue weighted by Crippen LogP contribution is -2.28. The molecule has 1 aliphatic rings. The third-order valence-electron chi connectivity index (χ3n) is 2.64. The molecule has 0 radical (unpaired) electrons. The van der Waals surface area contributed by atoms with E-state index in [2.05, 4.69) is 4.90 Å². The molecule has 0 aromatic carbocycles. The molecule has 2 heteroatoms. The molecule has 0 heterocycles. The van der Waals surface area contributed by atoms with Crippen molar-refractivity contribution in [3.63, 3.8) is 0 Å². The number of Topliss-reactive ketones (excluding diaryl/α,β-unsaturated/α-hetero) is 1. The summed E-state index contributed by atoms with van der Waals surface area (Å²) in [6.07, 6.45) is 5.52. The lowest BCUT2D eigenvalue weighted by atomic mass is 9.83. The standard InChI is InChI=1S/C10H19NO/c1-9(12)8-11(2)7-6-10-4-3-5-10/h10H,3-8H2,1-2H3. The van der Waals surface area contributed by atoms with Crippen molar-refractivity contribution < 1.29 is 4.79 Å². The molecule has 1 aliphatic carbocycles. The van der Waals surface area contributed by atoms with Crippen LogP contribution in [0.25, 0.3) is 0 Å². The van der Waals surface area contributed by atoms with Crippen molar-refractivity contribution in [2.45, 2.75) is 32.6 Å². The Morgan fingerprint density at radius 2 is 2.17 bits per heavy atom. The Hall–Kier alpha value is -0.370. The predicted molar refractivity (Wildman–Crippen MR) is 50.1 cm³/mol. The van der Waals surface area contributed by atoms with Gasteiger partial charge in [0.05, 0.1) is 6.54 Å². The van der Waals surface area contributed by atoms with Gasteiger partial charge >= 0.3 is 0 Å². The van der Waals surface area contributed by atoms with Crippen LogP contribution in [-0.2, 0) is 4.79 Å². The van der Waals surface area contributed by atoms with Crippen molar-refractivity contribution in [2.75, 3.05) is 20.1 Å². The Kier molecular flexibility index (Phi) is 3.73. The summed E-state index contributed by atoms with van der Waals surface area (Å²) in [4.78, 5) is 12.9. The van der Waals surface area contributed by atoms with Crippen LogP contribution in [0.4, 0.5) is 0 Å². The highest BCUT2D eigenvalue weighted by atomic mass is 16.1. The van der Waals surface area contributed by atoms with Crippen molar-refractivity contribution in [3.05, 3.63) is 0 Å². The SMILES string of the molecule is CC(=O)CN(C)CCC1CCC1. The highest BCUT2D eigenvalue weighted by molar-refractivity contribution is 5.77. The number of carbonyl (C=O) groups excluding carboxylic acids is 1. The Morgan fingerprint density at radius 1 is 1.50 bits per heavy atom. The quantitative estimate of drug-likeness (QED) is 0.624. The summed E-state index contributed by atoms with van der Waals surface area (Å²) in [5.41, 5.74) is 0. The summed E-state index contributed by atoms with van der Waals surface area (Å²) in [7, 11) is 2.03. The summed E-state index contributed by atoms with van der Waals surface area (Å²) >= 11 is 0. The van der Waals surface area contributed by atoms with E-state index in [1.54, 1.807) is 6.92 Å². The van der Waals surface area contributed by atoms with E-state index in [9.17, 15) is 4.79 Å². The highest BCUT2D eigenvalue weighted by Gasteiger charge is 2.17. The smallest absolute Gasteiger partial charge is 0.143 e. The van der Waals surface area contributed by atoms with E-state index in [4.69, 9.17) is 0 Å². The lowest BCUT2D eigenvalue weighted by molar-refractivity contribution is -0.117. The van der Waals surface area contributed by atoms with E-state index >= 15 is 0 Å². The van der Waals surface area contributed by atoms with Gasteiger partial charge in [-0.2, -0.15) is 0 Å². The van der Waals surface area contributed by atoms with Crippen LogP contribution in [0.15, 0.2) is 0 Å². The van der Waals surface area contributed by atoms with Crippen LogP contribution in [0.3, 0.4) is 0 Å². The summed E-state index contributed by atoms with van der Waals surface area (Å²) in [5.74, 6) is 1.23. The summed E-state index contributed by atoms with van der Waals surface area (Å²) in [6.45, 7) is 3.36. The normalized spacial score (nSPS) is 17.9. The second-order valence-electron chi connectivity index (χ2n) is 4.03. The van der Waals surface area contributed by atoms with Gasteiger partial charge < -0.3 is 0 Å². The monoisotopic (exact) mass is 169 g/mol. The zero-order valence-electron chi connectivity index (χ0n) is 8.18. The third kappa shape index (κ3) is 3.35. The maximum atomic E-state index is 10.7. The molecule has 0 saturated heterocycles. The maximum absolute atomic E-state index is 10.7. The molecular formula is C10H19NO. The molecule has 0 N–H and O–H groups in total. The van der Waals surface area contributed by atoms with Gasteiger partial charge in [0.1, 0.15) is 5.78 Å². The van der Waals surface area contributed by atoms with Crippen molar-refractivity contribution in [1.29, 1.82) is 0 Å². The van der Waals surface area contributed by atoms with E-state index in [0.29, 0.717) is 6.54 Å². The molecule has 0 unspecified atom stereocenters. The zero-order valence-corrected chi connectivity index (χ0v) is 8.18. The second kappa shape index (κ2) is 4.61. The molecule has 1 rings (SSSR count). The topological polar surface area (TPSA) is 20.3 Å². The first-order valence-corrected chi connectivity index (χ1v) is 4.86. The molecule has 12 heavy (non-hydrogen) atoms. The first-order chi connectivity index (χ1) is 5.68. The van der Waals surface area contributed by atoms with Gasteiger partial charge in [0, 0.05) is 0 Å². The van der Waals surface area contributed by atoms with Gasteiger partial charge in [-0.05, 0) is 32.9 Å². The number of hydrogen-bond donors (Lipinski definition) is 0. The first kappa shape index (κ1) is 9.72. The average Bonchev–Trinajstić information content (AvgIpc) is 1.81.